The largest absolute Gasteiger partial charge is 0.484 e. The lowest BCUT2D eigenvalue weighted by atomic mass is 10.1. The van der Waals surface area contributed by atoms with Crippen LogP contribution in [0, 0.1) is 5.82 Å². The number of nitrogens with one attached hydrogen (secondary N) is 1. The number of rotatable bonds is 4. The van der Waals surface area contributed by atoms with Gasteiger partial charge in [0.15, 0.2) is 6.61 Å². The SMILES string of the molecule is O=C(COc1ccc(F)cc1)N1CC[C@@H](c2ccn[nH]2)C1. The van der Waals surface area contributed by atoms with Crippen molar-refractivity contribution in [2.24, 2.45) is 0 Å². The van der Waals surface area contributed by atoms with Gasteiger partial charge in [-0.15, -0.1) is 0 Å². The van der Waals surface area contributed by atoms with Crippen LogP contribution in [0.25, 0.3) is 0 Å². The summed E-state index contributed by atoms with van der Waals surface area (Å²) in [5, 5.41) is 6.88. The number of carbonyl (C=O) groups excluding carboxylic acids is 1. The van der Waals surface area contributed by atoms with Crippen LogP contribution in [0.3, 0.4) is 0 Å². The molecule has 1 N–H and O–H groups in total. The van der Waals surface area contributed by atoms with E-state index in [1.807, 2.05) is 6.07 Å². The maximum atomic E-state index is 12.8. The monoisotopic (exact) mass is 289 g/mol. The molecule has 0 spiro atoms. The van der Waals surface area contributed by atoms with E-state index >= 15 is 0 Å². The van der Waals surface area contributed by atoms with E-state index in [-0.39, 0.29) is 18.3 Å². The van der Waals surface area contributed by atoms with Gasteiger partial charge in [-0.3, -0.25) is 9.89 Å². The first-order valence-corrected chi connectivity index (χ1v) is 6.88. The number of ether oxygens (including phenoxy) is 1. The van der Waals surface area contributed by atoms with E-state index < -0.39 is 0 Å². The van der Waals surface area contributed by atoms with Crippen LogP contribution < -0.4 is 4.74 Å². The molecule has 1 aliphatic heterocycles. The first-order chi connectivity index (χ1) is 10.2. The molecule has 1 aromatic heterocycles. The summed E-state index contributed by atoms with van der Waals surface area (Å²) in [5.74, 6) is 0.424. The van der Waals surface area contributed by atoms with E-state index in [2.05, 4.69) is 10.2 Å². The quantitative estimate of drug-likeness (QED) is 0.936. The molecule has 21 heavy (non-hydrogen) atoms. The summed E-state index contributed by atoms with van der Waals surface area (Å²) in [6, 6.07) is 7.58. The zero-order valence-electron chi connectivity index (χ0n) is 11.5. The third-order valence-electron chi connectivity index (χ3n) is 3.68. The molecular formula is C15H16FN3O2. The average Bonchev–Trinajstić information content (AvgIpc) is 3.17. The Morgan fingerprint density at radius 3 is 2.90 bits per heavy atom. The van der Waals surface area contributed by atoms with Crippen LogP contribution in [0.1, 0.15) is 18.0 Å². The van der Waals surface area contributed by atoms with Crippen molar-refractivity contribution in [2.45, 2.75) is 12.3 Å². The zero-order valence-corrected chi connectivity index (χ0v) is 11.5. The van der Waals surface area contributed by atoms with Crippen LogP contribution in [-0.2, 0) is 4.79 Å². The first kappa shape index (κ1) is 13.6. The second-order valence-corrected chi connectivity index (χ2v) is 5.08. The number of hydrogen-bond acceptors (Lipinski definition) is 3. The Morgan fingerprint density at radius 1 is 1.38 bits per heavy atom. The summed E-state index contributed by atoms with van der Waals surface area (Å²) in [5.41, 5.74) is 1.06. The van der Waals surface area contributed by atoms with Gasteiger partial charge in [0.1, 0.15) is 11.6 Å². The van der Waals surface area contributed by atoms with Gasteiger partial charge in [-0.2, -0.15) is 5.10 Å². The maximum Gasteiger partial charge on any atom is 0.260 e. The van der Waals surface area contributed by atoms with E-state index in [1.165, 1.54) is 24.3 Å². The van der Waals surface area contributed by atoms with Gasteiger partial charge in [-0.05, 0) is 36.8 Å². The van der Waals surface area contributed by atoms with Crippen molar-refractivity contribution in [2.75, 3.05) is 19.7 Å². The van der Waals surface area contributed by atoms with Gasteiger partial charge in [-0.1, -0.05) is 0 Å². The molecule has 0 bridgehead atoms. The van der Waals surface area contributed by atoms with E-state index in [0.717, 1.165) is 18.7 Å². The number of hydrogen-bond donors (Lipinski definition) is 1. The predicted octanol–water partition coefficient (Wildman–Crippen LogP) is 1.94. The fourth-order valence-electron chi connectivity index (χ4n) is 2.50. The highest BCUT2D eigenvalue weighted by atomic mass is 19.1. The van der Waals surface area contributed by atoms with Crippen molar-refractivity contribution in [3.63, 3.8) is 0 Å². The van der Waals surface area contributed by atoms with Crippen molar-refractivity contribution < 1.29 is 13.9 Å². The highest BCUT2D eigenvalue weighted by Crippen LogP contribution is 2.25. The zero-order chi connectivity index (χ0) is 14.7. The average molecular weight is 289 g/mol. The molecule has 1 saturated heterocycles. The number of aromatic amines is 1. The molecule has 0 radical (unpaired) electrons. The molecule has 6 heteroatoms. The fraction of sp³-hybridized carbons (Fsp3) is 0.333. The van der Waals surface area contributed by atoms with E-state index in [1.54, 1.807) is 11.1 Å². The smallest absolute Gasteiger partial charge is 0.260 e. The van der Waals surface area contributed by atoms with Gasteiger partial charge in [-0.25, -0.2) is 4.39 Å². The highest BCUT2D eigenvalue weighted by Gasteiger charge is 2.28. The molecule has 3 rings (SSSR count). The van der Waals surface area contributed by atoms with Crippen molar-refractivity contribution in [3.8, 4) is 5.75 Å². The van der Waals surface area contributed by atoms with Crippen molar-refractivity contribution >= 4 is 5.91 Å². The van der Waals surface area contributed by atoms with E-state index in [9.17, 15) is 9.18 Å². The number of aromatic nitrogens is 2. The van der Waals surface area contributed by atoms with Crippen molar-refractivity contribution in [3.05, 3.63) is 48.0 Å². The Labute approximate surface area is 121 Å². The van der Waals surface area contributed by atoms with Gasteiger partial charge in [0, 0.05) is 30.9 Å². The molecule has 1 atom stereocenters. The molecule has 5 nitrogen and oxygen atoms in total. The van der Waals surface area contributed by atoms with Gasteiger partial charge >= 0.3 is 0 Å². The Kier molecular flexibility index (Phi) is 3.85. The molecule has 2 aromatic rings. The summed E-state index contributed by atoms with van der Waals surface area (Å²) in [7, 11) is 0. The highest BCUT2D eigenvalue weighted by molar-refractivity contribution is 5.78. The number of halogens is 1. The minimum Gasteiger partial charge on any atom is -0.484 e. The third-order valence-corrected chi connectivity index (χ3v) is 3.68. The van der Waals surface area contributed by atoms with Crippen LogP contribution in [0.4, 0.5) is 4.39 Å². The Hall–Kier alpha value is -2.37. The summed E-state index contributed by atoms with van der Waals surface area (Å²) in [4.78, 5) is 13.9. The van der Waals surface area contributed by atoms with Crippen molar-refractivity contribution in [1.82, 2.24) is 15.1 Å². The Morgan fingerprint density at radius 2 is 2.19 bits per heavy atom. The summed E-state index contributed by atoms with van der Waals surface area (Å²) < 4.78 is 18.2. The van der Waals surface area contributed by atoms with Gasteiger partial charge in [0.05, 0.1) is 0 Å². The molecule has 110 valence electrons. The Balaban J connectivity index is 1.51. The molecule has 1 amide bonds. The molecule has 0 aliphatic carbocycles. The number of carbonyl (C=O) groups is 1. The normalized spacial score (nSPS) is 18.0. The van der Waals surface area contributed by atoms with E-state index in [0.29, 0.717) is 18.2 Å². The van der Waals surface area contributed by atoms with E-state index in [4.69, 9.17) is 4.74 Å². The predicted molar refractivity (Wildman–Crippen MR) is 74.4 cm³/mol. The first-order valence-electron chi connectivity index (χ1n) is 6.88. The molecule has 1 fully saturated rings. The number of nitrogens with zero attached hydrogens (tertiary/aromatic N) is 2. The topological polar surface area (TPSA) is 58.2 Å². The number of amides is 1. The molecule has 1 aliphatic rings. The second-order valence-electron chi connectivity index (χ2n) is 5.08. The summed E-state index contributed by atoms with van der Waals surface area (Å²) >= 11 is 0. The van der Waals surface area contributed by atoms with Crippen LogP contribution in [0.5, 0.6) is 5.75 Å². The second kappa shape index (κ2) is 5.95. The molecular weight excluding hydrogens is 273 g/mol. The third kappa shape index (κ3) is 3.21. The number of likely N-dealkylation sites (tertiary alicyclic amines) is 1. The molecule has 0 saturated carbocycles. The van der Waals surface area contributed by atoms with Gasteiger partial charge in [0.2, 0.25) is 0 Å². The lowest BCUT2D eigenvalue weighted by Crippen LogP contribution is -2.32. The van der Waals surface area contributed by atoms with Crippen LogP contribution in [-0.4, -0.2) is 40.7 Å². The summed E-state index contributed by atoms with van der Waals surface area (Å²) in [6.45, 7) is 1.37. The standard InChI is InChI=1S/C15H16FN3O2/c16-12-1-3-13(4-2-12)21-10-15(20)19-8-6-11(9-19)14-5-7-17-18-14/h1-5,7,11H,6,8-10H2,(H,17,18)/t11-/m1/s1. The van der Waals surface area contributed by atoms with Gasteiger partial charge < -0.3 is 9.64 Å². The van der Waals surface area contributed by atoms with Crippen molar-refractivity contribution in [1.29, 1.82) is 0 Å². The van der Waals surface area contributed by atoms with Crippen LogP contribution >= 0.6 is 0 Å². The van der Waals surface area contributed by atoms with Gasteiger partial charge in [0.25, 0.3) is 5.91 Å². The summed E-state index contributed by atoms with van der Waals surface area (Å²) in [6.07, 6.45) is 2.64. The number of H-pyrrole nitrogens is 1. The van der Waals surface area contributed by atoms with Crippen LogP contribution in [0.15, 0.2) is 36.5 Å². The number of benzene rings is 1. The molecule has 1 aromatic carbocycles. The fourth-order valence-corrected chi connectivity index (χ4v) is 2.50. The minimum absolute atomic E-state index is 0.0265. The molecule has 2 heterocycles. The lowest BCUT2D eigenvalue weighted by molar-refractivity contribution is -0.132. The molecule has 0 unspecified atom stereocenters. The minimum atomic E-state index is -0.324. The lowest BCUT2D eigenvalue weighted by Gasteiger charge is -2.16. The maximum absolute atomic E-state index is 12.8. The van der Waals surface area contributed by atoms with Crippen LogP contribution in [0.2, 0.25) is 0 Å². The Bertz CT molecular complexity index is 598.